The third kappa shape index (κ3) is 5.29. The van der Waals surface area contributed by atoms with Gasteiger partial charge in [0, 0.05) is 19.6 Å². The zero-order valence-electron chi connectivity index (χ0n) is 14.6. The average molecular weight is 305 g/mol. The molecule has 2 rings (SSSR count). The van der Waals surface area contributed by atoms with Crippen molar-refractivity contribution in [2.75, 3.05) is 39.5 Å². The van der Waals surface area contributed by atoms with Crippen molar-refractivity contribution in [3.8, 4) is 5.75 Å². The molecule has 0 radical (unpaired) electrons. The van der Waals surface area contributed by atoms with E-state index < -0.39 is 0 Å². The van der Waals surface area contributed by atoms with Gasteiger partial charge in [0.15, 0.2) is 0 Å². The van der Waals surface area contributed by atoms with E-state index in [-0.39, 0.29) is 0 Å². The van der Waals surface area contributed by atoms with Crippen LogP contribution in [0.3, 0.4) is 0 Å². The standard InChI is InChI=1S/C19H31NO2/c1-15-12-16(2)14-20(13-15)8-9-21-10-11-22-19-7-5-6-17(3)18(19)4/h5-7,15-16H,8-14H2,1-4H3/t15-,16-/m0/s1. The minimum Gasteiger partial charge on any atom is -0.491 e. The maximum atomic E-state index is 5.81. The SMILES string of the molecule is Cc1cccc(OCCOCCN2C[C@@H](C)C[C@H](C)C2)c1C. The molecule has 1 heterocycles. The molecule has 1 aliphatic rings. The quantitative estimate of drug-likeness (QED) is 0.717. The van der Waals surface area contributed by atoms with Crippen molar-refractivity contribution < 1.29 is 9.47 Å². The molecule has 0 aliphatic carbocycles. The molecule has 1 aromatic rings. The lowest BCUT2D eigenvalue weighted by Gasteiger charge is -2.34. The van der Waals surface area contributed by atoms with E-state index in [2.05, 4.69) is 38.7 Å². The highest BCUT2D eigenvalue weighted by Crippen LogP contribution is 2.21. The van der Waals surface area contributed by atoms with Gasteiger partial charge in [-0.15, -0.1) is 0 Å². The summed E-state index contributed by atoms with van der Waals surface area (Å²) in [6.07, 6.45) is 1.36. The van der Waals surface area contributed by atoms with Gasteiger partial charge in [0.25, 0.3) is 0 Å². The number of hydrogen-bond acceptors (Lipinski definition) is 3. The second-order valence-electron chi connectivity index (χ2n) is 6.86. The Labute approximate surface area is 135 Å². The van der Waals surface area contributed by atoms with Gasteiger partial charge < -0.3 is 14.4 Å². The van der Waals surface area contributed by atoms with Crippen LogP contribution >= 0.6 is 0 Å². The van der Waals surface area contributed by atoms with Gasteiger partial charge in [0.05, 0.1) is 13.2 Å². The predicted molar refractivity (Wildman–Crippen MR) is 91.6 cm³/mol. The van der Waals surface area contributed by atoms with Crippen LogP contribution in [0.15, 0.2) is 18.2 Å². The zero-order valence-corrected chi connectivity index (χ0v) is 14.6. The summed E-state index contributed by atoms with van der Waals surface area (Å²) in [6, 6.07) is 6.18. The van der Waals surface area contributed by atoms with Crippen LogP contribution in [0.5, 0.6) is 5.75 Å². The smallest absolute Gasteiger partial charge is 0.122 e. The molecule has 0 spiro atoms. The summed E-state index contributed by atoms with van der Waals surface area (Å²) in [6.45, 7) is 14.5. The lowest BCUT2D eigenvalue weighted by molar-refractivity contribution is 0.0594. The first-order chi connectivity index (χ1) is 10.6. The highest BCUT2D eigenvalue weighted by Gasteiger charge is 2.21. The minimum absolute atomic E-state index is 0.622. The fourth-order valence-corrected chi connectivity index (χ4v) is 3.36. The van der Waals surface area contributed by atoms with Crippen LogP contribution in [-0.2, 0) is 4.74 Å². The van der Waals surface area contributed by atoms with Gasteiger partial charge >= 0.3 is 0 Å². The molecule has 22 heavy (non-hydrogen) atoms. The van der Waals surface area contributed by atoms with E-state index in [0.29, 0.717) is 13.2 Å². The summed E-state index contributed by atoms with van der Waals surface area (Å²) in [5.74, 6) is 2.61. The van der Waals surface area contributed by atoms with Crippen LogP contribution in [0.2, 0.25) is 0 Å². The first-order valence-electron chi connectivity index (χ1n) is 8.55. The van der Waals surface area contributed by atoms with E-state index in [0.717, 1.165) is 30.7 Å². The average Bonchev–Trinajstić information content (AvgIpc) is 2.46. The molecule has 0 amide bonds. The first kappa shape index (κ1) is 17.3. The molecule has 0 aromatic heterocycles. The molecule has 1 aromatic carbocycles. The molecule has 3 heteroatoms. The molecule has 1 fully saturated rings. The van der Waals surface area contributed by atoms with Crippen molar-refractivity contribution in [3.63, 3.8) is 0 Å². The molecule has 0 saturated carbocycles. The Hall–Kier alpha value is -1.06. The summed E-state index contributed by atoms with van der Waals surface area (Å²) < 4.78 is 11.5. The summed E-state index contributed by atoms with van der Waals surface area (Å²) in [5.41, 5.74) is 2.49. The number of benzene rings is 1. The number of ether oxygens (including phenoxy) is 2. The van der Waals surface area contributed by atoms with Gasteiger partial charge in [-0.05, 0) is 49.3 Å². The Morgan fingerprint density at radius 1 is 1.05 bits per heavy atom. The highest BCUT2D eigenvalue weighted by atomic mass is 16.5. The minimum atomic E-state index is 0.622. The van der Waals surface area contributed by atoms with Gasteiger partial charge in [0.2, 0.25) is 0 Å². The lowest BCUT2D eigenvalue weighted by atomic mass is 9.92. The maximum Gasteiger partial charge on any atom is 0.122 e. The van der Waals surface area contributed by atoms with Crippen LogP contribution in [0, 0.1) is 25.7 Å². The molecule has 3 nitrogen and oxygen atoms in total. The third-order valence-electron chi connectivity index (χ3n) is 4.54. The van der Waals surface area contributed by atoms with Crippen LogP contribution < -0.4 is 4.74 Å². The van der Waals surface area contributed by atoms with E-state index in [1.54, 1.807) is 0 Å². The van der Waals surface area contributed by atoms with Crippen molar-refractivity contribution in [2.45, 2.75) is 34.1 Å². The molecule has 0 unspecified atom stereocenters. The van der Waals surface area contributed by atoms with E-state index in [9.17, 15) is 0 Å². The Balaban J connectivity index is 1.59. The molecule has 0 N–H and O–H groups in total. The van der Waals surface area contributed by atoms with Gasteiger partial charge in [-0.1, -0.05) is 26.0 Å². The normalized spacial score (nSPS) is 22.7. The molecular formula is C19H31NO2. The van der Waals surface area contributed by atoms with Crippen molar-refractivity contribution >= 4 is 0 Å². The Kier molecular flexibility index (Phi) is 6.71. The van der Waals surface area contributed by atoms with E-state index in [1.807, 2.05) is 12.1 Å². The predicted octanol–water partition coefficient (Wildman–Crippen LogP) is 3.68. The van der Waals surface area contributed by atoms with Gasteiger partial charge in [-0.2, -0.15) is 0 Å². The Morgan fingerprint density at radius 2 is 1.77 bits per heavy atom. The Bertz CT molecular complexity index is 451. The first-order valence-corrected chi connectivity index (χ1v) is 8.55. The van der Waals surface area contributed by atoms with Gasteiger partial charge in [-0.25, -0.2) is 0 Å². The van der Waals surface area contributed by atoms with Crippen LogP contribution in [0.25, 0.3) is 0 Å². The number of aryl methyl sites for hydroxylation is 1. The second-order valence-corrected chi connectivity index (χ2v) is 6.86. The van der Waals surface area contributed by atoms with E-state index in [4.69, 9.17) is 9.47 Å². The monoisotopic (exact) mass is 305 g/mol. The third-order valence-corrected chi connectivity index (χ3v) is 4.54. The molecule has 124 valence electrons. The zero-order chi connectivity index (χ0) is 15.9. The van der Waals surface area contributed by atoms with Crippen LogP contribution in [0.1, 0.15) is 31.4 Å². The topological polar surface area (TPSA) is 21.7 Å². The number of likely N-dealkylation sites (tertiary alicyclic amines) is 1. The van der Waals surface area contributed by atoms with E-state index in [1.165, 1.54) is 30.6 Å². The summed E-state index contributed by atoms with van der Waals surface area (Å²) >= 11 is 0. The molecule has 0 bridgehead atoms. The van der Waals surface area contributed by atoms with Crippen LogP contribution in [0.4, 0.5) is 0 Å². The fourth-order valence-electron chi connectivity index (χ4n) is 3.36. The number of nitrogens with zero attached hydrogens (tertiary/aromatic N) is 1. The Morgan fingerprint density at radius 3 is 2.50 bits per heavy atom. The molecule has 1 saturated heterocycles. The van der Waals surface area contributed by atoms with Crippen molar-refractivity contribution in [3.05, 3.63) is 29.3 Å². The van der Waals surface area contributed by atoms with E-state index >= 15 is 0 Å². The number of rotatable bonds is 7. The molecule has 1 aliphatic heterocycles. The largest absolute Gasteiger partial charge is 0.491 e. The van der Waals surface area contributed by atoms with Crippen LogP contribution in [-0.4, -0.2) is 44.4 Å². The maximum absolute atomic E-state index is 5.81. The summed E-state index contributed by atoms with van der Waals surface area (Å²) in [4.78, 5) is 2.53. The van der Waals surface area contributed by atoms with Crippen molar-refractivity contribution in [1.29, 1.82) is 0 Å². The molecular weight excluding hydrogens is 274 g/mol. The molecule has 2 atom stereocenters. The number of piperidine rings is 1. The number of hydrogen-bond donors (Lipinski definition) is 0. The van der Waals surface area contributed by atoms with Crippen molar-refractivity contribution in [1.82, 2.24) is 4.90 Å². The van der Waals surface area contributed by atoms with Crippen molar-refractivity contribution in [2.24, 2.45) is 11.8 Å². The highest BCUT2D eigenvalue weighted by molar-refractivity contribution is 5.38. The second kappa shape index (κ2) is 8.54. The summed E-state index contributed by atoms with van der Waals surface area (Å²) in [7, 11) is 0. The van der Waals surface area contributed by atoms with Gasteiger partial charge in [-0.3, -0.25) is 0 Å². The van der Waals surface area contributed by atoms with Gasteiger partial charge in [0.1, 0.15) is 12.4 Å². The summed E-state index contributed by atoms with van der Waals surface area (Å²) in [5, 5.41) is 0. The fraction of sp³-hybridized carbons (Fsp3) is 0.684. The lowest BCUT2D eigenvalue weighted by Crippen LogP contribution is -2.40.